The van der Waals surface area contributed by atoms with Gasteiger partial charge in [0.2, 0.25) is 0 Å². The van der Waals surface area contributed by atoms with Crippen molar-refractivity contribution in [2.75, 3.05) is 26.2 Å². The minimum atomic E-state index is 0.549. The third-order valence-electron chi connectivity index (χ3n) is 3.49. The number of nitrogens with zero attached hydrogens (tertiary/aromatic N) is 2. The van der Waals surface area contributed by atoms with Crippen LogP contribution in [-0.4, -0.2) is 37.1 Å². The maximum atomic E-state index is 8.50. The van der Waals surface area contributed by atoms with E-state index in [0.29, 0.717) is 12.5 Å². The number of hydrogen-bond acceptors (Lipinski definition) is 3. The normalized spacial score (nSPS) is 23.9. The molecule has 92 valence electrons. The molecule has 0 bridgehead atoms. The highest BCUT2D eigenvalue weighted by Crippen LogP contribution is 2.19. The molecule has 0 amide bonds. The lowest BCUT2D eigenvalue weighted by Gasteiger charge is -2.36. The first kappa shape index (κ1) is 13.5. The van der Waals surface area contributed by atoms with Crippen LogP contribution in [0.2, 0.25) is 0 Å². The zero-order valence-corrected chi connectivity index (χ0v) is 10.7. The molecule has 1 heterocycles. The molecule has 1 saturated heterocycles. The summed E-state index contributed by atoms with van der Waals surface area (Å²) >= 11 is 0. The van der Waals surface area contributed by atoms with Crippen LogP contribution in [0.3, 0.4) is 0 Å². The second-order valence-corrected chi connectivity index (χ2v) is 4.85. The summed E-state index contributed by atoms with van der Waals surface area (Å²) < 4.78 is 0. The Morgan fingerprint density at radius 3 is 3.06 bits per heavy atom. The third kappa shape index (κ3) is 4.51. The Hall–Kier alpha value is -0.590. The molecule has 3 nitrogen and oxygen atoms in total. The zero-order chi connectivity index (χ0) is 11.8. The fraction of sp³-hybridized carbons (Fsp3) is 0.923. The molecule has 0 aromatic heterocycles. The number of piperidine rings is 1. The van der Waals surface area contributed by atoms with Gasteiger partial charge in [-0.05, 0) is 45.2 Å². The lowest BCUT2D eigenvalue weighted by molar-refractivity contribution is 0.151. The molecule has 2 unspecified atom stereocenters. The van der Waals surface area contributed by atoms with Crippen LogP contribution in [-0.2, 0) is 0 Å². The van der Waals surface area contributed by atoms with E-state index in [-0.39, 0.29) is 0 Å². The predicted molar refractivity (Wildman–Crippen MR) is 67.1 cm³/mol. The van der Waals surface area contributed by atoms with Gasteiger partial charge in [-0.15, -0.1) is 0 Å². The first-order valence-electron chi connectivity index (χ1n) is 6.60. The van der Waals surface area contributed by atoms with Gasteiger partial charge in [0.25, 0.3) is 0 Å². The van der Waals surface area contributed by atoms with E-state index in [1.165, 1.54) is 38.9 Å². The highest BCUT2D eigenvalue weighted by molar-refractivity contribution is 4.81. The minimum absolute atomic E-state index is 0.549. The van der Waals surface area contributed by atoms with Gasteiger partial charge in [-0.25, -0.2) is 0 Å². The van der Waals surface area contributed by atoms with Crippen LogP contribution < -0.4 is 5.32 Å². The molecule has 0 spiro atoms. The molecular formula is C13H25N3. The van der Waals surface area contributed by atoms with Crippen molar-refractivity contribution < 1.29 is 0 Å². The lowest BCUT2D eigenvalue weighted by atomic mass is 9.91. The van der Waals surface area contributed by atoms with E-state index in [2.05, 4.69) is 30.1 Å². The summed E-state index contributed by atoms with van der Waals surface area (Å²) in [5.41, 5.74) is 0. The van der Waals surface area contributed by atoms with Crippen molar-refractivity contribution in [3.05, 3.63) is 0 Å². The van der Waals surface area contributed by atoms with Crippen molar-refractivity contribution in [3.8, 4) is 6.07 Å². The molecule has 1 N–H and O–H groups in total. The van der Waals surface area contributed by atoms with Gasteiger partial charge in [0, 0.05) is 25.6 Å². The SMILES string of the molecule is CCCN1CCCC(C(C)NCCC#N)C1. The van der Waals surface area contributed by atoms with Gasteiger partial charge < -0.3 is 10.2 Å². The number of rotatable bonds is 6. The molecule has 0 aromatic rings. The van der Waals surface area contributed by atoms with Crippen molar-refractivity contribution in [1.82, 2.24) is 10.2 Å². The van der Waals surface area contributed by atoms with Crippen LogP contribution in [0.25, 0.3) is 0 Å². The van der Waals surface area contributed by atoms with Crippen LogP contribution in [0.5, 0.6) is 0 Å². The molecule has 1 fully saturated rings. The van der Waals surface area contributed by atoms with Crippen LogP contribution in [0.1, 0.15) is 39.5 Å². The van der Waals surface area contributed by atoms with E-state index in [4.69, 9.17) is 5.26 Å². The summed E-state index contributed by atoms with van der Waals surface area (Å²) in [4.78, 5) is 2.58. The highest BCUT2D eigenvalue weighted by Gasteiger charge is 2.23. The van der Waals surface area contributed by atoms with Gasteiger partial charge in [-0.1, -0.05) is 6.92 Å². The largest absolute Gasteiger partial charge is 0.313 e. The summed E-state index contributed by atoms with van der Waals surface area (Å²) in [6.45, 7) is 9.09. The maximum Gasteiger partial charge on any atom is 0.0635 e. The molecule has 0 aromatic carbocycles. The van der Waals surface area contributed by atoms with E-state index in [0.717, 1.165) is 12.5 Å². The first-order valence-corrected chi connectivity index (χ1v) is 6.60. The molecule has 0 radical (unpaired) electrons. The van der Waals surface area contributed by atoms with E-state index < -0.39 is 0 Å². The molecule has 2 atom stereocenters. The Kier molecular flexibility index (Phi) is 6.44. The van der Waals surface area contributed by atoms with Crippen LogP contribution in [0.15, 0.2) is 0 Å². The average Bonchev–Trinajstić information content (AvgIpc) is 2.30. The number of nitriles is 1. The van der Waals surface area contributed by atoms with Gasteiger partial charge in [-0.3, -0.25) is 0 Å². The Labute approximate surface area is 99.8 Å². The minimum Gasteiger partial charge on any atom is -0.313 e. The smallest absolute Gasteiger partial charge is 0.0635 e. The summed E-state index contributed by atoms with van der Waals surface area (Å²) in [5.74, 6) is 0.763. The fourth-order valence-corrected chi connectivity index (χ4v) is 2.54. The standard InChI is InChI=1S/C13H25N3/c1-3-9-16-10-4-6-13(11-16)12(2)15-8-5-7-14/h12-13,15H,3-6,8-11H2,1-2H3. The average molecular weight is 223 g/mol. The number of hydrogen-bond donors (Lipinski definition) is 1. The Morgan fingerprint density at radius 1 is 1.56 bits per heavy atom. The quantitative estimate of drug-likeness (QED) is 0.700. The molecule has 16 heavy (non-hydrogen) atoms. The van der Waals surface area contributed by atoms with Gasteiger partial charge in [0.1, 0.15) is 0 Å². The third-order valence-corrected chi connectivity index (χ3v) is 3.49. The summed E-state index contributed by atoms with van der Waals surface area (Å²) in [7, 11) is 0. The second-order valence-electron chi connectivity index (χ2n) is 4.85. The molecule has 1 rings (SSSR count). The van der Waals surface area contributed by atoms with E-state index in [1.54, 1.807) is 0 Å². The van der Waals surface area contributed by atoms with E-state index >= 15 is 0 Å². The Bertz CT molecular complexity index is 220. The van der Waals surface area contributed by atoms with E-state index in [1.807, 2.05) is 0 Å². The van der Waals surface area contributed by atoms with Gasteiger partial charge in [0.15, 0.2) is 0 Å². The van der Waals surface area contributed by atoms with Crippen molar-refractivity contribution in [2.24, 2.45) is 5.92 Å². The monoisotopic (exact) mass is 223 g/mol. The molecule has 0 aliphatic carbocycles. The summed E-state index contributed by atoms with van der Waals surface area (Å²) in [6, 6.07) is 2.73. The van der Waals surface area contributed by atoms with Crippen molar-refractivity contribution >= 4 is 0 Å². The summed E-state index contributed by atoms with van der Waals surface area (Å²) in [6.07, 6.45) is 4.54. The number of likely N-dealkylation sites (tertiary alicyclic amines) is 1. The van der Waals surface area contributed by atoms with Gasteiger partial charge in [0.05, 0.1) is 6.07 Å². The van der Waals surface area contributed by atoms with Crippen LogP contribution in [0.4, 0.5) is 0 Å². The molecule has 3 heteroatoms. The molecule has 1 aliphatic heterocycles. The molecular weight excluding hydrogens is 198 g/mol. The zero-order valence-electron chi connectivity index (χ0n) is 10.7. The van der Waals surface area contributed by atoms with Crippen molar-refractivity contribution in [2.45, 2.75) is 45.6 Å². The van der Waals surface area contributed by atoms with Crippen molar-refractivity contribution in [3.63, 3.8) is 0 Å². The van der Waals surface area contributed by atoms with Gasteiger partial charge >= 0.3 is 0 Å². The van der Waals surface area contributed by atoms with Gasteiger partial charge in [-0.2, -0.15) is 5.26 Å². The van der Waals surface area contributed by atoms with Crippen molar-refractivity contribution in [1.29, 1.82) is 5.26 Å². The van der Waals surface area contributed by atoms with Crippen LogP contribution >= 0.6 is 0 Å². The second kappa shape index (κ2) is 7.65. The summed E-state index contributed by atoms with van der Waals surface area (Å²) in [5, 5.41) is 12.0. The van der Waals surface area contributed by atoms with Crippen LogP contribution in [0, 0.1) is 17.2 Å². The fourth-order valence-electron chi connectivity index (χ4n) is 2.54. The Morgan fingerprint density at radius 2 is 2.38 bits per heavy atom. The first-order chi connectivity index (χ1) is 7.77. The van der Waals surface area contributed by atoms with E-state index in [9.17, 15) is 0 Å². The molecule has 1 aliphatic rings. The lowest BCUT2D eigenvalue weighted by Crippen LogP contribution is -2.44. The highest BCUT2D eigenvalue weighted by atomic mass is 15.1. The molecule has 0 saturated carbocycles. The predicted octanol–water partition coefficient (Wildman–Crippen LogP) is 2.00. The maximum absolute atomic E-state index is 8.50. The Balaban J connectivity index is 2.26. The number of nitrogens with one attached hydrogen (secondary N) is 1. The topological polar surface area (TPSA) is 39.1 Å².